The molecule has 2 aromatic heterocycles. The second-order valence-electron chi connectivity index (χ2n) is 4.27. The van der Waals surface area contributed by atoms with Crippen LogP contribution in [0.3, 0.4) is 0 Å². The lowest BCUT2D eigenvalue weighted by atomic mass is 10.3. The summed E-state index contributed by atoms with van der Waals surface area (Å²) < 4.78 is 6.98. The van der Waals surface area contributed by atoms with Gasteiger partial charge in [-0.15, -0.1) is 0 Å². The van der Waals surface area contributed by atoms with Gasteiger partial charge in [0.15, 0.2) is 5.82 Å². The normalized spacial score (nSPS) is 10.7. The summed E-state index contributed by atoms with van der Waals surface area (Å²) in [5, 5.41) is 16.2. The van der Waals surface area contributed by atoms with Crippen molar-refractivity contribution < 1.29 is 9.63 Å². The smallest absolute Gasteiger partial charge is 0.246 e. The first-order chi connectivity index (χ1) is 9.72. The van der Waals surface area contributed by atoms with E-state index in [1.54, 1.807) is 30.5 Å². The largest absolute Gasteiger partial charge is 0.508 e. The van der Waals surface area contributed by atoms with Gasteiger partial charge in [0.05, 0.1) is 6.54 Å². The van der Waals surface area contributed by atoms with Crippen molar-refractivity contribution in [1.82, 2.24) is 19.7 Å². The van der Waals surface area contributed by atoms with Crippen LogP contribution in [0, 0.1) is 0 Å². The number of benzene rings is 1. The number of aromatic hydroxyl groups is 1. The molecular weight excluding hydrogens is 258 g/mol. The molecule has 0 atom stereocenters. The fourth-order valence-corrected chi connectivity index (χ4v) is 1.76. The monoisotopic (exact) mass is 271 g/mol. The number of aryl methyl sites for hydroxylation is 1. The zero-order valence-electron chi connectivity index (χ0n) is 10.8. The van der Waals surface area contributed by atoms with E-state index in [0.29, 0.717) is 24.1 Å². The van der Waals surface area contributed by atoms with E-state index >= 15 is 0 Å². The number of phenolic OH excluding ortho intramolecular Hbond substituents is 1. The van der Waals surface area contributed by atoms with Gasteiger partial charge in [-0.3, -0.25) is 0 Å². The summed E-state index contributed by atoms with van der Waals surface area (Å²) >= 11 is 0. The van der Waals surface area contributed by atoms with Gasteiger partial charge in [0.1, 0.15) is 5.75 Å². The van der Waals surface area contributed by atoms with Crippen molar-refractivity contribution in [3.8, 4) is 17.4 Å². The molecule has 3 aromatic rings. The van der Waals surface area contributed by atoms with Gasteiger partial charge in [0, 0.05) is 25.1 Å². The number of phenols is 1. The molecule has 0 aliphatic rings. The molecule has 7 heteroatoms. The van der Waals surface area contributed by atoms with Crippen molar-refractivity contribution in [3.05, 3.63) is 42.5 Å². The molecule has 0 aliphatic carbocycles. The van der Waals surface area contributed by atoms with Crippen LogP contribution in [-0.4, -0.2) is 24.8 Å². The van der Waals surface area contributed by atoms with Crippen LogP contribution in [0.25, 0.3) is 11.6 Å². The van der Waals surface area contributed by atoms with E-state index in [4.69, 9.17) is 4.52 Å². The van der Waals surface area contributed by atoms with Gasteiger partial charge in [-0.1, -0.05) is 5.16 Å². The third-order valence-corrected chi connectivity index (χ3v) is 2.80. The minimum atomic E-state index is 0.227. The molecule has 0 unspecified atom stereocenters. The van der Waals surface area contributed by atoms with Gasteiger partial charge in [0.25, 0.3) is 0 Å². The Morgan fingerprint density at radius 2 is 2.10 bits per heavy atom. The molecule has 2 N–H and O–H groups in total. The predicted octanol–water partition coefficient (Wildman–Crippen LogP) is 1.79. The Balaban J connectivity index is 1.69. The van der Waals surface area contributed by atoms with Gasteiger partial charge in [-0.2, -0.15) is 4.98 Å². The molecule has 0 spiro atoms. The molecule has 0 amide bonds. The van der Waals surface area contributed by atoms with Gasteiger partial charge in [-0.25, -0.2) is 4.98 Å². The van der Waals surface area contributed by atoms with Crippen LogP contribution in [0.5, 0.6) is 5.75 Å². The van der Waals surface area contributed by atoms with Crippen molar-refractivity contribution >= 4 is 5.69 Å². The summed E-state index contributed by atoms with van der Waals surface area (Å²) in [6, 6.07) is 6.75. The third-order valence-electron chi connectivity index (χ3n) is 2.80. The molecule has 0 fully saturated rings. The highest BCUT2D eigenvalue weighted by atomic mass is 16.5. The van der Waals surface area contributed by atoms with Crippen molar-refractivity contribution in [2.75, 3.05) is 5.32 Å². The fourth-order valence-electron chi connectivity index (χ4n) is 1.76. The Hall–Kier alpha value is -2.83. The lowest BCUT2D eigenvalue weighted by molar-refractivity contribution is 0.383. The Morgan fingerprint density at radius 3 is 2.80 bits per heavy atom. The molecule has 20 heavy (non-hydrogen) atoms. The number of imidazole rings is 1. The molecule has 0 saturated carbocycles. The van der Waals surface area contributed by atoms with Crippen LogP contribution in [0.2, 0.25) is 0 Å². The van der Waals surface area contributed by atoms with Crippen LogP contribution < -0.4 is 5.32 Å². The fraction of sp³-hybridized carbons (Fsp3) is 0.154. The summed E-state index contributed by atoms with van der Waals surface area (Å²) in [7, 11) is 1.87. The maximum atomic E-state index is 9.20. The molecule has 7 nitrogen and oxygen atoms in total. The average molecular weight is 271 g/mol. The molecule has 0 radical (unpaired) electrons. The van der Waals surface area contributed by atoms with Gasteiger partial charge in [-0.05, 0) is 24.3 Å². The first kappa shape index (κ1) is 12.2. The zero-order chi connectivity index (χ0) is 13.9. The zero-order valence-corrected chi connectivity index (χ0v) is 10.8. The van der Waals surface area contributed by atoms with Crippen LogP contribution in [0.1, 0.15) is 5.89 Å². The van der Waals surface area contributed by atoms with Crippen LogP contribution >= 0.6 is 0 Å². The molecule has 102 valence electrons. The Bertz CT molecular complexity index is 702. The number of hydrogen-bond acceptors (Lipinski definition) is 6. The summed E-state index contributed by atoms with van der Waals surface area (Å²) in [5.41, 5.74) is 0.861. The second-order valence-corrected chi connectivity index (χ2v) is 4.27. The van der Waals surface area contributed by atoms with Crippen molar-refractivity contribution in [3.63, 3.8) is 0 Å². The number of hydrogen-bond donors (Lipinski definition) is 2. The first-order valence-corrected chi connectivity index (χ1v) is 6.05. The van der Waals surface area contributed by atoms with Crippen LogP contribution in [-0.2, 0) is 13.6 Å². The number of aromatic nitrogens is 4. The maximum absolute atomic E-state index is 9.20. The number of anilines is 1. The summed E-state index contributed by atoms with van der Waals surface area (Å²) in [4.78, 5) is 8.43. The van der Waals surface area contributed by atoms with E-state index in [9.17, 15) is 5.11 Å². The highest BCUT2D eigenvalue weighted by molar-refractivity contribution is 5.46. The lowest BCUT2D eigenvalue weighted by Crippen LogP contribution is -1.99. The summed E-state index contributed by atoms with van der Waals surface area (Å²) in [6.45, 7) is 0.405. The Kier molecular flexibility index (Phi) is 3.08. The Labute approximate surface area is 114 Å². The summed E-state index contributed by atoms with van der Waals surface area (Å²) in [6.07, 6.45) is 3.50. The van der Waals surface area contributed by atoms with E-state index in [1.165, 1.54) is 0 Å². The van der Waals surface area contributed by atoms with Gasteiger partial charge in [0.2, 0.25) is 11.7 Å². The maximum Gasteiger partial charge on any atom is 0.246 e. The molecule has 0 bridgehead atoms. The Morgan fingerprint density at radius 1 is 1.30 bits per heavy atom. The molecule has 3 rings (SSSR count). The lowest BCUT2D eigenvalue weighted by Gasteiger charge is -2.02. The molecule has 1 aromatic carbocycles. The van der Waals surface area contributed by atoms with Crippen LogP contribution in [0.4, 0.5) is 5.69 Å². The van der Waals surface area contributed by atoms with E-state index in [-0.39, 0.29) is 5.75 Å². The van der Waals surface area contributed by atoms with Crippen molar-refractivity contribution in [1.29, 1.82) is 0 Å². The molecule has 0 aliphatic heterocycles. The topological polar surface area (TPSA) is 89.0 Å². The quantitative estimate of drug-likeness (QED) is 0.703. The van der Waals surface area contributed by atoms with Crippen molar-refractivity contribution in [2.45, 2.75) is 6.54 Å². The minimum Gasteiger partial charge on any atom is -0.508 e. The molecule has 0 saturated heterocycles. The highest BCUT2D eigenvalue weighted by Gasteiger charge is 2.12. The third kappa shape index (κ3) is 2.46. The van der Waals surface area contributed by atoms with E-state index < -0.39 is 0 Å². The van der Waals surface area contributed by atoms with Crippen molar-refractivity contribution in [2.24, 2.45) is 7.05 Å². The summed E-state index contributed by atoms with van der Waals surface area (Å²) in [5.74, 6) is 1.81. The van der Waals surface area contributed by atoms with Crippen LogP contribution in [0.15, 0.2) is 41.2 Å². The van der Waals surface area contributed by atoms with Gasteiger partial charge >= 0.3 is 0 Å². The SMILES string of the molecule is Cn1ccnc1-c1noc(CNc2ccc(O)cc2)n1. The first-order valence-electron chi connectivity index (χ1n) is 6.05. The van der Waals surface area contributed by atoms with E-state index in [2.05, 4.69) is 20.4 Å². The molecular formula is C13H13N5O2. The minimum absolute atomic E-state index is 0.227. The second kappa shape index (κ2) is 5.04. The predicted molar refractivity (Wildman–Crippen MR) is 71.9 cm³/mol. The van der Waals surface area contributed by atoms with E-state index in [1.807, 2.05) is 17.8 Å². The van der Waals surface area contributed by atoms with E-state index in [0.717, 1.165) is 5.69 Å². The molecule has 2 heterocycles. The number of nitrogens with zero attached hydrogens (tertiary/aromatic N) is 4. The number of nitrogens with one attached hydrogen (secondary N) is 1. The average Bonchev–Trinajstić information content (AvgIpc) is 3.06. The highest BCUT2D eigenvalue weighted by Crippen LogP contribution is 2.16. The number of rotatable bonds is 4. The standard InChI is InChI=1S/C13H13N5O2/c1-18-7-6-14-13(18)12-16-11(20-17-12)8-15-9-2-4-10(19)5-3-9/h2-7,15,19H,8H2,1H3. The van der Waals surface area contributed by atoms with Gasteiger partial charge < -0.3 is 19.5 Å².